The van der Waals surface area contributed by atoms with Gasteiger partial charge in [-0.1, -0.05) is 0 Å². The standard InChI is InChI=1S/C12H15NO2/c1-15-11-4-3-10-5-7-13(6-2-8-14)12(10)9-11/h3-5,7,9,14H,2,6,8H2,1H3. The minimum absolute atomic E-state index is 0.226. The van der Waals surface area contributed by atoms with Crippen molar-refractivity contribution in [2.45, 2.75) is 13.0 Å². The molecule has 1 heterocycles. The summed E-state index contributed by atoms with van der Waals surface area (Å²) >= 11 is 0. The Morgan fingerprint density at radius 1 is 1.33 bits per heavy atom. The van der Waals surface area contributed by atoms with E-state index in [9.17, 15) is 0 Å². The molecular weight excluding hydrogens is 190 g/mol. The van der Waals surface area contributed by atoms with Gasteiger partial charge in [0.2, 0.25) is 0 Å². The van der Waals surface area contributed by atoms with Crippen molar-refractivity contribution in [3.63, 3.8) is 0 Å². The molecule has 0 saturated carbocycles. The van der Waals surface area contributed by atoms with Gasteiger partial charge >= 0.3 is 0 Å². The highest BCUT2D eigenvalue weighted by Gasteiger charge is 2.01. The number of aliphatic hydroxyl groups is 1. The van der Waals surface area contributed by atoms with Crippen molar-refractivity contribution in [3.8, 4) is 5.75 Å². The van der Waals surface area contributed by atoms with E-state index in [2.05, 4.69) is 10.6 Å². The predicted octanol–water partition coefficient (Wildman–Crippen LogP) is 2.03. The molecule has 0 bridgehead atoms. The van der Waals surface area contributed by atoms with Crippen molar-refractivity contribution >= 4 is 10.9 Å². The normalized spacial score (nSPS) is 10.8. The molecule has 0 saturated heterocycles. The van der Waals surface area contributed by atoms with Crippen LogP contribution in [0.3, 0.4) is 0 Å². The first-order valence-electron chi connectivity index (χ1n) is 5.09. The van der Waals surface area contributed by atoms with Gasteiger partial charge < -0.3 is 14.4 Å². The molecule has 0 aliphatic heterocycles. The van der Waals surface area contributed by atoms with Crippen LogP contribution in [0, 0.1) is 0 Å². The SMILES string of the molecule is COc1ccc2ccn(CCCO)c2c1. The Kier molecular flexibility index (Phi) is 2.92. The molecule has 0 aliphatic rings. The van der Waals surface area contributed by atoms with Crippen LogP contribution in [0.2, 0.25) is 0 Å². The average Bonchev–Trinajstić information content (AvgIpc) is 2.68. The van der Waals surface area contributed by atoms with Crippen LogP contribution in [0.4, 0.5) is 0 Å². The van der Waals surface area contributed by atoms with E-state index in [1.165, 1.54) is 5.39 Å². The topological polar surface area (TPSA) is 34.4 Å². The largest absolute Gasteiger partial charge is 0.497 e. The summed E-state index contributed by atoms with van der Waals surface area (Å²) in [6, 6.07) is 8.10. The summed E-state index contributed by atoms with van der Waals surface area (Å²) in [7, 11) is 1.67. The van der Waals surface area contributed by atoms with E-state index in [4.69, 9.17) is 9.84 Å². The third kappa shape index (κ3) is 1.97. The molecule has 80 valence electrons. The van der Waals surface area contributed by atoms with Crippen molar-refractivity contribution in [2.24, 2.45) is 0 Å². The van der Waals surface area contributed by atoms with E-state index in [1.54, 1.807) is 7.11 Å². The van der Waals surface area contributed by atoms with Crippen molar-refractivity contribution in [3.05, 3.63) is 30.5 Å². The lowest BCUT2D eigenvalue weighted by Gasteiger charge is -2.05. The molecule has 2 rings (SSSR count). The fourth-order valence-electron chi connectivity index (χ4n) is 1.73. The van der Waals surface area contributed by atoms with Crippen LogP contribution < -0.4 is 4.74 Å². The summed E-state index contributed by atoms with van der Waals surface area (Å²) in [5, 5.41) is 10.0. The maximum atomic E-state index is 8.80. The molecule has 1 aromatic carbocycles. The average molecular weight is 205 g/mol. The molecule has 0 fully saturated rings. The van der Waals surface area contributed by atoms with E-state index in [1.807, 2.05) is 24.4 Å². The number of fused-ring (bicyclic) bond motifs is 1. The monoisotopic (exact) mass is 205 g/mol. The zero-order valence-corrected chi connectivity index (χ0v) is 8.81. The van der Waals surface area contributed by atoms with Gasteiger partial charge in [-0.2, -0.15) is 0 Å². The Balaban J connectivity index is 2.38. The molecule has 15 heavy (non-hydrogen) atoms. The number of methoxy groups -OCH3 is 1. The van der Waals surface area contributed by atoms with Crippen LogP contribution in [0.1, 0.15) is 6.42 Å². The van der Waals surface area contributed by atoms with Crippen LogP contribution in [0.15, 0.2) is 30.5 Å². The lowest BCUT2D eigenvalue weighted by Crippen LogP contribution is -1.98. The first-order chi connectivity index (χ1) is 7.35. The molecule has 3 nitrogen and oxygen atoms in total. The van der Waals surface area contributed by atoms with Crippen LogP contribution in [-0.2, 0) is 6.54 Å². The van der Waals surface area contributed by atoms with E-state index in [0.29, 0.717) is 0 Å². The summed E-state index contributed by atoms with van der Waals surface area (Å²) in [6.45, 7) is 1.07. The molecule has 0 radical (unpaired) electrons. The summed E-state index contributed by atoms with van der Waals surface area (Å²) in [5.41, 5.74) is 1.16. The van der Waals surface area contributed by atoms with Crippen LogP contribution in [0.5, 0.6) is 5.75 Å². The Morgan fingerprint density at radius 3 is 2.93 bits per heavy atom. The summed E-state index contributed by atoms with van der Waals surface area (Å²) in [4.78, 5) is 0. The van der Waals surface area contributed by atoms with Gasteiger partial charge in [-0.3, -0.25) is 0 Å². The van der Waals surface area contributed by atoms with E-state index in [-0.39, 0.29) is 6.61 Å². The van der Waals surface area contributed by atoms with Gasteiger partial charge in [0.1, 0.15) is 5.75 Å². The highest BCUT2D eigenvalue weighted by atomic mass is 16.5. The zero-order chi connectivity index (χ0) is 10.7. The van der Waals surface area contributed by atoms with Gasteiger partial charge in [0.15, 0.2) is 0 Å². The van der Waals surface area contributed by atoms with Crippen molar-refractivity contribution in [2.75, 3.05) is 13.7 Å². The molecule has 2 aromatic rings. The number of benzene rings is 1. The number of nitrogens with zero attached hydrogens (tertiary/aromatic N) is 1. The predicted molar refractivity (Wildman–Crippen MR) is 60.2 cm³/mol. The molecular formula is C12H15NO2. The number of aromatic nitrogens is 1. The smallest absolute Gasteiger partial charge is 0.120 e. The van der Waals surface area contributed by atoms with Crippen molar-refractivity contribution < 1.29 is 9.84 Å². The molecule has 1 aromatic heterocycles. The number of aryl methyl sites for hydroxylation is 1. The zero-order valence-electron chi connectivity index (χ0n) is 8.81. The number of hydrogen-bond acceptors (Lipinski definition) is 2. The van der Waals surface area contributed by atoms with Crippen LogP contribution in [-0.4, -0.2) is 23.4 Å². The maximum absolute atomic E-state index is 8.80. The second-order valence-electron chi connectivity index (χ2n) is 3.51. The van der Waals surface area contributed by atoms with E-state index < -0.39 is 0 Å². The quantitative estimate of drug-likeness (QED) is 0.828. The number of hydrogen-bond donors (Lipinski definition) is 1. The highest BCUT2D eigenvalue weighted by Crippen LogP contribution is 2.21. The third-order valence-electron chi connectivity index (χ3n) is 2.54. The molecule has 0 unspecified atom stereocenters. The summed E-state index contributed by atoms with van der Waals surface area (Å²) < 4.78 is 7.32. The number of rotatable bonds is 4. The van der Waals surface area contributed by atoms with Crippen molar-refractivity contribution in [1.29, 1.82) is 0 Å². The Labute approximate surface area is 88.9 Å². The Morgan fingerprint density at radius 2 is 2.20 bits per heavy atom. The fourth-order valence-corrected chi connectivity index (χ4v) is 1.73. The second kappa shape index (κ2) is 4.36. The van der Waals surface area contributed by atoms with Crippen molar-refractivity contribution in [1.82, 2.24) is 4.57 Å². The van der Waals surface area contributed by atoms with Crippen LogP contribution in [0.25, 0.3) is 10.9 Å². The highest BCUT2D eigenvalue weighted by molar-refractivity contribution is 5.81. The fraction of sp³-hybridized carbons (Fsp3) is 0.333. The van der Waals surface area contributed by atoms with Gasteiger partial charge in [0, 0.05) is 25.4 Å². The lowest BCUT2D eigenvalue weighted by atomic mass is 10.2. The Hall–Kier alpha value is -1.48. The summed E-state index contributed by atoms with van der Waals surface area (Å²) in [5.74, 6) is 0.867. The first-order valence-corrected chi connectivity index (χ1v) is 5.09. The number of aliphatic hydroxyl groups excluding tert-OH is 1. The molecule has 0 atom stereocenters. The molecule has 0 aliphatic carbocycles. The van der Waals surface area contributed by atoms with Gasteiger partial charge in [0.05, 0.1) is 12.6 Å². The van der Waals surface area contributed by atoms with E-state index >= 15 is 0 Å². The second-order valence-corrected chi connectivity index (χ2v) is 3.51. The lowest BCUT2D eigenvalue weighted by molar-refractivity contribution is 0.280. The number of ether oxygens (including phenoxy) is 1. The minimum Gasteiger partial charge on any atom is -0.497 e. The molecule has 0 amide bonds. The van der Waals surface area contributed by atoms with E-state index in [0.717, 1.165) is 24.2 Å². The van der Waals surface area contributed by atoms with Gasteiger partial charge in [-0.25, -0.2) is 0 Å². The van der Waals surface area contributed by atoms with Crippen LogP contribution >= 0.6 is 0 Å². The first kappa shape index (κ1) is 10.1. The summed E-state index contributed by atoms with van der Waals surface area (Å²) in [6.07, 6.45) is 2.82. The Bertz CT molecular complexity index is 448. The third-order valence-corrected chi connectivity index (χ3v) is 2.54. The molecule has 3 heteroatoms. The molecule has 1 N–H and O–H groups in total. The minimum atomic E-state index is 0.226. The molecule has 0 spiro atoms. The van der Waals surface area contributed by atoms with Gasteiger partial charge in [-0.05, 0) is 30.0 Å². The van der Waals surface area contributed by atoms with Gasteiger partial charge in [0.25, 0.3) is 0 Å². The van der Waals surface area contributed by atoms with Gasteiger partial charge in [-0.15, -0.1) is 0 Å². The maximum Gasteiger partial charge on any atom is 0.120 e.